The van der Waals surface area contributed by atoms with Crippen molar-refractivity contribution < 1.29 is 0 Å². The van der Waals surface area contributed by atoms with Crippen molar-refractivity contribution in [3.8, 4) is 0 Å². The van der Waals surface area contributed by atoms with Gasteiger partial charge in [0.05, 0.1) is 0 Å². The summed E-state index contributed by atoms with van der Waals surface area (Å²) in [5.74, 6) is 0.577. The van der Waals surface area contributed by atoms with Crippen LogP contribution >= 0.6 is 0 Å². The van der Waals surface area contributed by atoms with E-state index in [9.17, 15) is 0 Å². The van der Waals surface area contributed by atoms with E-state index in [2.05, 4.69) is 53.3 Å². The first-order chi connectivity index (χ1) is 7.93. The van der Waals surface area contributed by atoms with Gasteiger partial charge in [-0.3, -0.25) is 0 Å². The van der Waals surface area contributed by atoms with Crippen molar-refractivity contribution in [2.75, 3.05) is 0 Å². The molecule has 1 atom stereocenters. The first-order valence-corrected chi connectivity index (χ1v) is 6.88. The molecule has 0 aromatic carbocycles. The van der Waals surface area contributed by atoms with E-state index in [1.165, 1.54) is 5.57 Å². The van der Waals surface area contributed by atoms with Crippen LogP contribution in [0.4, 0.5) is 0 Å². The molecular weight excluding hydrogens is 204 g/mol. The van der Waals surface area contributed by atoms with Gasteiger partial charge in [0.1, 0.15) is 0 Å². The normalized spacial score (nSPS) is 13.1. The monoisotopic (exact) mass is 238 g/mol. The van der Waals surface area contributed by atoms with Gasteiger partial charge in [-0.1, -0.05) is 86.3 Å². The summed E-state index contributed by atoms with van der Waals surface area (Å²) in [4.78, 5) is 0. The second-order valence-electron chi connectivity index (χ2n) is 4.47. The third-order valence-corrected chi connectivity index (χ3v) is 2.56. The minimum atomic E-state index is 0.327. The van der Waals surface area contributed by atoms with Crippen LogP contribution in [0, 0.1) is 11.3 Å². The van der Waals surface area contributed by atoms with Gasteiger partial charge in [0, 0.05) is 0 Å². The van der Waals surface area contributed by atoms with Gasteiger partial charge in [-0.05, 0) is 23.8 Å². The summed E-state index contributed by atoms with van der Waals surface area (Å²) in [6.45, 7) is 22.8. The Kier molecular flexibility index (Phi) is 16.8. The standard InChI is InChI=1S/C13H22.2C2H6/c1-7-9-10-12(8-2)11(3)13(4,5)6;2*1-2/h7-11H,1H2,2-6H3;2*1-2H3/b10-9-,12-8+;;. The Balaban J connectivity index is -0.000000439. The molecule has 0 aliphatic heterocycles. The van der Waals surface area contributed by atoms with Crippen molar-refractivity contribution >= 4 is 0 Å². The first-order valence-electron chi connectivity index (χ1n) is 6.88. The molecule has 0 aromatic rings. The molecule has 0 aromatic heterocycles. The molecule has 0 fully saturated rings. The molecule has 0 aliphatic rings. The molecular formula is C17H34. The smallest absolute Gasteiger partial charge is 0.0145 e. The van der Waals surface area contributed by atoms with Crippen LogP contribution in [0.3, 0.4) is 0 Å². The van der Waals surface area contributed by atoms with E-state index in [0.29, 0.717) is 11.3 Å². The molecule has 0 saturated heterocycles. The second-order valence-corrected chi connectivity index (χ2v) is 4.47. The molecule has 0 aliphatic carbocycles. The highest BCUT2D eigenvalue weighted by atomic mass is 14.3. The highest BCUT2D eigenvalue weighted by molar-refractivity contribution is 5.24. The molecule has 1 unspecified atom stereocenters. The SMILES string of the molecule is C=C/C=C\C(=C/C)C(C)C(C)(C)C.CC.CC. The zero-order valence-corrected chi connectivity index (χ0v) is 13.6. The van der Waals surface area contributed by atoms with Crippen LogP contribution in [0.25, 0.3) is 0 Å². The third kappa shape index (κ3) is 11.5. The highest BCUT2D eigenvalue weighted by Gasteiger charge is 2.21. The van der Waals surface area contributed by atoms with Gasteiger partial charge in [0.2, 0.25) is 0 Å². The summed E-state index contributed by atoms with van der Waals surface area (Å²) in [6.07, 6.45) is 8.13. The lowest BCUT2D eigenvalue weighted by Gasteiger charge is -2.28. The molecule has 0 heteroatoms. The summed E-state index contributed by atoms with van der Waals surface area (Å²) in [5, 5.41) is 0. The lowest BCUT2D eigenvalue weighted by molar-refractivity contribution is 0.304. The Morgan fingerprint density at radius 1 is 1.06 bits per heavy atom. The van der Waals surface area contributed by atoms with E-state index < -0.39 is 0 Å². The fourth-order valence-electron chi connectivity index (χ4n) is 1.17. The molecule has 0 heterocycles. The number of allylic oxidation sites excluding steroid dienone is 5. The van der Waals surface area contributed by atoms with Gasteiger partial charge in [-0.2, -0.15) is 0 Å². The van der Waals surface area contributed by atoms with Gasteiger partial charge >= 0.3 is 0 Å². The topological polar surface area (TPSA) is 0 Å². The van der Waals surface area contributed by atoms with Gasteiger partial charge in [-0.25, -0.2) is 0 Å². The Morgan fingerprint density at radius 3 is 1.71 bits per heavy atom. The Bertz CT molecular complexity index is 211. The fourth-order valence-corrected chi connectivity index (χ4v) is 1.17. The molecule has 0 rings (SSSR count). The second kappa shape index (κ2) is 13.3. The largest absolute Gasteiger partial charge is 0.0991 e. The fraction of sp³-hybridized carbons (Fsp3) is 0.647. The van der Waals surface area contributed by atoms with Gasteiger partial charge < -0.3 is 0 Å². The third-order valence-electron chi connectivity index (χ3n) is 2.56. The van der Waals surface area contributed by atoms with Crippen LogP contribution in [-0.2, 0) is 0 Å². The quantitative estimate of drug-likeness (QED) is 0.498. The zero-order chi connectivity index (χ0) is 14.5. The van der Waals surface area contributed by atoms with Crippen molar-refractivity contribution in [3.05, 3.63) is 36.5 Å². The molecule has 17 heavy (non-hydrogen) atoms. The van der Waals surface area contributed by atoms with Crippen LogP contribution < -0.4 is 0 Å². The first kappa shape index (κ1) is 21.5. The van der Waals surface area contributed by atoms with E-state index in [1.54, 1.807) is 0 Å². The van der Waals surface area contributed by atoms with E-state index in [1.807, 2.05) is 39.8 Å². The molecule has 0 bridgehead atoms. The van der Waals surface area contributed by atoms with E-state index in [-0.39, 0.29) is 0 Å². The van der Waals surface area contributed by atoms with Crippen molar-refractivity contribution in [3.63, 3.8) is 0 Å². The van der Waals surface area contributed by atoms with Crippen LogP contribution in [0.2, 0.25) is 0 Å². The molecule has 0 amide bonds. The molecule has 0 N–H and O–H groups in total. The lowest BCUT2D eigenvalue weighted by Crippen LogP contribution is -2.18. The zero-order valence-electron chi connectivity index (χ0n) is 13.6. The maximum Gasteiger partial charge on any atom is -0.0145 e. The predicted octanol–water partition coefficient (Wildman–Crippen LogP) is 6.41. The van der Waals surface area contributed by atoms with Crippen LogP contribution in [0.15, 0.2) is 36.5 Å². The average molecular weight is 238 g/mol. The Hall–Kier alpha value is -0.780. The summed E-state index contributed by atoms with van der Waals surface area (Å²) in [7, 11) is 0. The molecule has 0 nitrogen and oxygen atoms in total. The maximum atomic E-state index is 3.67. The van der Waals surface area contributed by atoms with Crippen LogP contribution in [0.1, 0.15) is 62.3 Å². The van der Waals surface area contributed by atoms with Crippen molar-refractivity contribution in [1.29, 1.82) is 0 Å². The number of rotatable bonds is 3. The number of hydrogen-bond donors (Lipinski definition) is 0. The van der Waals surface area contributed by atoms with Gasteiger partial charge in [0.25, 0.3) is 0 Å². The van der Waals surface area contributed by atoms with E-state index in [4.69, 9.17) is 0 Å². The molecule has 0 saturated carbocycles. The summed E-state index contributed by atoms with van der Waals surface area (Å²) >= 11 is 0. The van der Waals surface area contributed by atoms with Crippen LogP contribution in [0.5, 0.6) is 0 Å². The number of hydrogen-bond acceptors (Lipinski definition) is 0. The van der Waals surface area contributed by atoms with Gasteiger partial charge in [0.15, 0.2) is 0 Å². The summed E-state index contributed by atoms with van der Waals surface area (Å²) in [5.41, 5.74) is 1.71. The summed E-state index contributed by atoms with van der Waals surface area (Å²) < 4.78 is 0. The molecule has 102 valence electrons. The van der Waals surface area contributed by atoms with Crippen molar-refractivity contribution in [2.24, 2.45) is 11.3 Å². The average Bonchev–Trinajstić information content (AvgIpc) is 2.34. The minimum absolute atomic E-state index is 0.327. The predicted molar refractivity (Wildman–Crippen MR) is 84.4 cm³/mol. The van der Waals surface area contributed by atoms with Crippen molar-refractivity contribution in [1.82, 2.24) is 0 Å². The van der Waals surface area contributed by atoms with E-state index in [0.717, 1.165) is 0 Å². The molecule has 0 spiro atoms. The summed E-state index contributed by atoms with van der Waals surface area (Å²) in [6, 6.07) is 0. The van der Waals surface area contributed by atoms with Gasteiger partial charge in [-0.15, -0.1) is 0 Å². The Morgan fingerprint density at radius 2 is 1.47 bits per heavy atom. The highest BCUT2D eigenvalue weighted by Crippen LogP contribution is 2.31. The van der Waals surface area contributed by atoms with E-state index >= 15 is 0 Å². The van der Waals surface area contributed by atoms with Crippen molar-refractivity contribution in [2.45, 2.75) is 62.3 Å². The molecule has 0 radical (unpaired) electrons. The maximum absolute atomic E-state index is 3.67. The van der Waals surface area contributed by atoms with Crippen LogP contribution in [-0.4, -0.2) is 0 Å². The Labute approximate surface area is 111 Å². The minimum Gasteiger partial charge on any atom is -0.0991 e. The lowest BCUT2D eigenvalue weighted by atomic mass is 9.77.